The number of nitrogens with one attached hydrogen (secondary N) is 4. The Hall–Kier alpha value is -4.66. The summed E-state index contributed by atoms with van der Waals surface area (Å²) in [6.45, 7) is 3.75. The fourth-order valence-corrected chi connectivity index (χ4v) is 10.9. The largest absolute Gasteiger partial charge is 0.473 e. The molecule has 306 valence electrons. The number of H-pyrrole nitrogens is 1. The highest BCUT2D eigenvalue weighted by Gasteiger charge is 2.62. The first kappa shape index (κ1) is 39.2. The number of ether oxygens (including phenoxy) is 2. The van der Waals surface area contributed by atoms with E-state index < -0.39 is 68.7 Å². The lowest BCUT2D eigenvalue weighted by Crippen LogP contribution is -2.59. The quantitative estimate of drug-likeness (QED) is 0.296. The van der Waals surface area contributed by atoms with Gasteiger partial charge in [-0.3, -0.25) is 23.9 Å². The standard InChI is InChI=1S/C42H53N5O9S/c1-2-27-23-42(27,40(51)46-57(53,54)29-20-21-29)45-37(49)33-22-28-24-47(33)39(50)35(26-13-7-8-14-26)44-41(52)56-34-19-11-15-25(34)12-5-3-4-6-17-31-36(48)30-16-9-10-18-32(30)43-38(31)55-28/h2,4,6,9-10,16,18,25-29,33-35H,1,3,5,7-8,11-15,17,19-24H2,(H,43,48)(H,44,52)(H,45,49)(H,46,51)/t25-,27-,28-,33+,34-,35+,42-/m1/s1. The molecule has 6 aliphatic rings. The highest BCUT2D eigenvalue weighted by atomic mass is 32.2. The Bertz CT molecular complexity index is 2130. The summed E-state index contributed by atoms with van der Waals surface area (Å²) >= 11 is 0. The second-order valence-electron chi connectivity index (χ2n) is 16.9. The lowest BCUT2D eigenvalue weighted by atomic mass is 9.96. The van der Waals surface area contributed by atoms with Gasteiger partial charge in [0, 0.05) is 17.7 Å². The predicted molar refractivity (Wildman–Crippen MR) is 212 cm³/mol. The molecule has 3 heterocycles. The number of carbonyl (C=O) groups is 4. The first-order valence-electron chi connectivity index (χ1n) is 20.7. The van der Waals surface area contributed by atoms with Crippen molar-refractivity contribution in [3.63, 3.8) is 0 Å². The average Bonchev–Trinajstić information content (AvgIpc) is 3.98. The van der Waals surface area contributed by atoms with Gasteiger partial charge in [0.25, 0.3) is 5.91 Å². The number of hydrogen-bond acceptors (Lipinski definition) is 9. The summed E-state index contributed by atoms with van der Waals surface area (Å²) in [5.41, 5.74) is -0.735. The lowest BCUT2D eigenvalue weighted by Gasteiger charge is -2.32. The van der Waals surface area contributed by atoms with Crippen LogP contribution < -0.4 is 25.5 Å². The third-order valence-electron chi connectivity index (χ3n) is 13.0. The van der Waals surface area contributed by atoms with Crippen LogP contribution >= 0.6 is 0 Å². The first-order valence-corrected chi connectivity index (χ1v) is 22.3. The predicted octanol–water partition coefficient (Wildman–Crippen LogP) is 4.28. The number of carbonyl (C=O) groups excluding carboxylic acids is 4. The number of allylic oxidation sites excluding steroid dienone is 2. The summed E-state index contributed by atoms with van der Waals surface area (Å²) in [5.74, 6) is -2.22. The molecule has 2 bridgehead atoms. The average molecular weight is 804 g/mol. The number of hydrogen-bond donors (Lipinski definition) is 4. The Morgan fingerprint density at radius 2 is 1.68 bits per heavy atom. The molecule has 0 radical (unpaired) electrons. The van der Waals surface area contributed by atoms with Crippen LogP contribution in [-0.4, -0.2) is 83.7 Å². The van der Waals surface area contributed by atoms with Gasteiger partial charge in [-0.2, -0.15) is 0 Å². The maximum absolute atomic E-state index is 14.9. The summed E-state index contributed by atoms with van der Waals surface area (Å²) in [4.78, 5) is 75.3. The number of alkyl carbamates (subject to hydrolysis) is 1. The second-order valence-corrected chi connectivity index (χ2v) is 18.8. The molecule has 0 spiro atoms. The van der Waals surface area contributed by atoms with E-state index in [1.54, 1.807) is 18.2 Å². The molecule has 14 nitrogen and oxygen atoms in total. The fraction of sp³-hybridized carbons (Fsp3) is 0.595. The van der Waals surface area contributed by atoms with Crippen LogP contribution in [0.2, 0.25) is 0 Å². The maximum atomic E-state index is 14.9. The van der Waals surface area contributed by atoms with Crippen molar-refractivity contribution in [1.82, 2.24) is 25.2 Å². The van der Waals surface area contributed by atoms with E-state index in [2.05, 4.69) is 33.0 Å². The van der Waals surface area contributed by atoms with Gasteiger partial charge in [-0.1, -0.05) is 43.2 Å². The topological polar surface area (TPSA) is 193 Å². The number of pyridine rings is 1. The summed E-state index contributed by atoms with van der Waals surface area (Å²) in [7, 11) is -3.91. The van der Waals surface area contributed by atoms with E-state index >= 15 is 0 Å². The van der Waals surface area contributed by atoms with Crippen LogP contribution in [0.4, 0.5) is 4.79 Å². The molecule has 7 atom stereocenters. The van der Waals surface area contributed by atoms with Gasteiger partial charge in [0.05, 0.1) is 22.9 Å². The molecule has 15 heteroatoms. The van der Waals surface area contributed by atoms with Crippen molar-refractivity contribution in [2.75, 3.05) is 6.54 Å². The van der Waals surface area contributed by atoms with E-state index in [0.29, 0.717) is 48.6 Å². The number of aromatic amines is 1. The summed E-state index contributed by atoms with van der Waals surface area (Å²) in [6, 6.07) is 5.05. The molecule has 4 saturated carbocycles. The number of fused-ring (bicyclic) bond motifs is 5. The smallest absolute Gasteiger partial charge is 0.408 e. The molecule has 57 heavy (non-hydrogen) atoms. The molecular weight excluding hydrogens is 751 g/mol. The number of sulfonamides is 1. The van der Waals surface area contributed by atoms with Gasteiger partial charge in [-0.05, 0) is 101 Å². The number of amides is 4. The van der Waals surface area contributed by atoms with Crippen LogP contribution in [0.5, 0.6) is 5.88 Å². The number of rotatable bonds is 7. The van der Waals surface area contributed by atoms with Crippen LogP contribution in [0.1, 0.15) is 95.5 Å². The van der Waals surface area contributed by atoms with Gasteiger partial charge in [0.2, 0.25) is 21.8 Å². The third kappa shape index (κ3) is 8.08. The molecule has 2 aliphatic heterocycles. The van der Waals surface area contributed by atoms with E-state index in [0.717, 1.165) is 51.4 Å². The molecule has 2 aromatic rings. The minimum Gasteiger partial charge on any atom is -0.473 e. The molecule has 1 aromatic carbocycles. The van der Waals surface area contributed by atoms with E-state index in [1.807, 2.05) is 12.1 Å². The number of para-hydroxylation sites is 1. The van der Waals surface area contributed by atoms with Crippen molar-refractivity contribution < 1.29 is 37.1 Å². The Morgan fingerprint density at radius 3 is 2.44 bits per heavy atom. The number of benzene rings is 1. The normalized spacial score (nSPS) is 31.1. The molecular formula is C42H53N5O9S. The van der Waals surface area contributed by atoms with Crippen molar-refractivity contribution in [1.29, 1.82) is 0 Å². The third-order valence-corrected chi connectivity index (χ3v) is 14.9. The highest BCUT2D eigenvalue weighted by molar-refractivity contribution is 7.91. The van der Waals surface area contributed by atoms with Gasteiger partial charge < -0.3 is 30.0 Å². The van der Waals surface area contributed by atoms with Crippen LogP contribution in [0.25, 0.3) is 10.9 Å². The zero-order valence-corrected chi connectivity index (χ0v) is 33.0. The second kappa shape index (κ2) is 15.9. The van der Waals surface area contributed by atoms with Crippen LogP contribution in [0.15, 0.2) is 53.9 Å². The van der Waals surface area contributed by atoms with Crippen molar-refractivity contribution in [2.45, 2.75) is 131 Å². The van der Waals surface area contributed by atoms with Crippen LogP contribution in [-0.2, 0) is 35.6 Å². The van der Waals surface area contributed by atoms with E-state index in [9.17, 15) is 32.4 Å². The Kier molecular flexibility index (Phi) is 11.0. The van der Waals surface area contributed by atoms with Gasteiger partial charge in [0.15, 0.2) is 11.3 Å². The highest BCUT2D eigenvalue weighted by Crippen LogP contribution is 2.46. The van der Waals surface area contributed by atoms with E-state index in [-0.39, 0.29) is 48.6 Å². The Morgan fingerprint density at radius 1 is 0.930 bits per heavy atom. The monoisotopic (exact) mass is 803 g/mol. The van der Waals surface area contributed by atoms with E-state index in [4.69, 9.17) is 9.47 Å². The minimum absolute atomic E-state index is 0.00409. The number of aromatic nitrogens is 1. The lowest BCUT2D eigenvalue weighted by molar-refractivity contribution is -0.142. The number of nitrogens with zero attached hydrogens (tertiary/aromatic N) is 1. The van der Waals surface area contributed by atoms with Gasteiger partial charge in [0.1, 0.15) is 29.8 Å². The summed E-state index contributed by atoms with van der Waals surface area (Å²) in [5, 5.41) is 5.64. The molecule has 1 saturated heterocycles. The summed E-state index contributed by atoms with van der Waals surface area (Å²) < 4.78 is 40.4. The molecule has 5 fully saturated rings. The molecule has 0 unspecified atom stereocenters. The first-order chi connectivity index (χ1) is 27.5. The molecule has 4 aliphatic carbocycles. The van der Waals surface area contributed by atoms with E-state index in [1.165, 1.54) is 11.0 Å². The van der Waals surface area contributed by atoms with Gasteiger partial charge in [-0.15, -0.1) is 6.58 Å². The molecule has 4 amide bonds. The van der Waals surface area contributed by atoms with Crippen molar-refractivity contribution >= 4 is 44.7 Å². The molecule has 4 N–H and O–H groups in total. The van der Waals surface area contributed by atoms with Crippen molar-refractivity contribution in [2.24, 2.45) is 17.8 Å². The van der Waals surface area contributed by atoms with Crippen molar-refractivity contribution in [3.8, 4) is 5.88 Å². The van der Waals surface area contributed by atoms with Crippen LogP contribution in [0, 0.1) is 17.8 Å². The minimum atomic E-state index is -3.91. The molecule has 8 rings (SSSR count). The van der Waals surface area contributed by atoms with Gasteiger partial charge in [-0.25, -0.2) is 13.2 Å². The Balaban J connectivity index is 1.14. The molecule has 1 aromatic heterocycles. The van der Waals surface area contributed by atoms with Crippen molar-refractivity contribution in [3.05, 3.63) is 64.9 Å². The van der Waals surface area contributed by atoms with Gasteiger partial charge >= 0.3 is 6.09 Å². The zero-order valence-electron chi connectivity index (χ0n) is 32.2. The summed E-state index contributed by atoms with van der Waals surface area (Å²) in [6.07, 6.45) is 13.6. The SMILES string of the molecule is C=C[C@@H]1C[C@]1(NC(=O)[C@@H]1C[C@@H]2CN1C(=O)[C@H](C1CCCC1)NC(=O)O[C@@H]1CCC[C@H]1CCCC=CCc1c([nH]c3ccccc3c1=O)O2)C(=O)NS(=O)(=O)C1CC1. The van der Waals surface area contributed by atoms with Crippen LogP contribution in [0.3, 0.4) is 0 Å². The fourth-order valence-electron chi connectivity index (χ4n) is 9.55. The Labute approximate surface area is 332 Å². The zero-order chi connectivity index (χ0) is 39.9. The maximum Gasteiger partial charge on any atom is 0.408 e.